The summed E-state index contributed by atoms with van der Waals surface area (Å²) in [6, 6.07) is 18.5. The summed E-state index contributed by atoms with van der Waals surface area (Å²) in [5.74, 6) is -0.356. The smallest absolute Gasteiger partial charge is 0.263 e. The Labute approximate surface area is 171 Å². The van der Waals surface area contributed by atoms with Gasteiger partial charge in [0.25, 0.3) is 10.0 Å². The highest BCUT2D eigenvalue weighted by atomic mass is 35.5. The predicted octanol–water partition coefficient (Wildman–Crippen LogP) is 4.97. The number of fused-ring (bicyclic) bond motifs is 1. The summed E-state index contributed by atoms with van der Waals surface area (Å²) >= 11 is 6.20. The second-order valence-corrected chi connectivity index (χ2v) is 8.16. The van der Waals surface area contributed by atoms with Gasteiger partial charge in [-0.15, -0.1) is 0 Å². The van der Waals surface area contributed by atoms with Crippen LogP contribution in [0.1, 0.15) is 0 Å². The molecular formula is C20H14ClFN4O2S. The van der Waals surface area contributed by atoms with Crippen LogP contribution in [0.2, 0.25) is 5.02 Å². The van der Waals surface area contributed by atoms with Crippen LogP contribution in [-0.2, 0) is 10.0 Å². The molecule has 2 N–H and O–H groups in total. The number of hydrogen-bond donors (Lipinski definition) is 2. The van der Waals surface area contributed by atoms with Gasteiger partial charge in [0.1, 0.15) is 5.82 Å². The van der Waals surface area contributed by atoms with Crippen molar-refractivity contribution in [2.75, 3.05) is 10.0 Å². The topological polar surface area (TPSA) is 84.0 Å². The molecule has 4 rings (SSSR count). The molecule has 0 spiro atoms. The molecule has 1 heterocycles. The number of hydrogen-bond acceptors (Lipinski definition) is 5. The standard InChI is InChI=1S/C20H14ClFN4O2S/c21-15-5-1-2-6-16(15)23-19-20(25-18-8-4-3-7-17(18)24-19)26-29(27,28)14-11-9-13(22)10-12-14/h1-12H,(H,23,24)(H,25,26). The van der Waals surface area contributed by atoms with Gasteiger partial charge in [-0.05, 0) is 48.5 Å². The van der Waals surface area contributed by atoms with Crippen molar-refractivity contribution in [3.05, 3.63) is 83.6 Å². The van der Waals surface area contributed by atoms with Gasteiger partial charge in [0.05, 0.1) is 26.6 Å². The molecule has 3 aromatic carbocycles. The Morgan fingerprint density at radius 1 is 0.793 bits per heavy atom. The van der Waals surface area contributed by atoms with Crippen LogP contribution in [0.5, 0.6) is 0 Å². The first-order chi connectivity index (χ1) is 13.9. The van der Waals surface area contributed by atoms with Gasteiger partial charge >= 0.3 is 0 Å². The molecule has 0 saturated carbocycles. The summed E-state index contributed by atoms with van der Waals surface area (Å²) < 4.78 is 41.1. The van der Waals surface area contributed by atoms with Crippen LogP contribution in [0.3, 0.4) is 0 Å². The Balaban J connectivity index is 1.79. The third-order valence-corrected chi connectivity index (χ3v) is 5.74. The molecular weight excluding hydrogens is 415 g/mol. The summed E-state index contributed by atoms with van der Waals surface area (Å²) in [5.41, 5.74) is 1.63. The highest BCUT2D eigenvalue weighted by Gasteiger charge is 2.19. The molecule has 1 aromatic heterocycles. The lowest BCUT2D eigenvalue weighted by Gasteiger charge is -2.14. The first-order valence-corrected chi connectivity index (χ1v) is 10.4. The Bertz CT molecular complexity index is 1300. The van der Waals surface area contributed by atoms with Gasteiger partial charge in [-0.2, -0.15) is 0 Å². The van der Waals surface area contributed by atoms with Gasteiger partial charge in [0.15, 0.2) is 11.6 Å². The molecule has 0 unspecified atom stereocenters. The fraction of sp³-hybridized carbons (Fsp3) is 0. The van der Waals surface area contributed by atoms with Crippen LogP contribution >= 0.6 is 11.6 Å². The lowest BCUT2D eigenvalue weighted by Crippen LogP contribution is -2.16. The number of rotatable bonds is 5. The number of sulfonamides is 1. The lowest BCUT2D eigenvalue weighted by atomic mass is 10.3. The zero-order valence-electron chi connectivity index (χ0n) is 14.8. The summed E-state index contributed by atoms with van der Waals surface area (Å²) in [6.45, 7) is 0. The summed E-state index contributed by atoms with van der Waals surface area (Å²) in [4.78, 5) is 8.78. The number of benzene rings is 3. The molecule has 6 nitrogen and oxygen atoms in total. The van der Waals surface area contributed by atoms with Crippen molar-refractivity contribution in [2.45, 2.75) is 4.90 Å². The fourth-order valence-corrected chi connectivity index (χ4v) is 3.84. The SMILES string of the molecule is O=S(=O)(Nc1nc2ccccc2nc1Nc1ccccc1Cl)c1ccc(F)cc1. The zero-order chi connectivity index (χ0) is 20.4. The van der Waals surface area contributed by atoms with Crippen molar-refractivity contribution in [2.24, 2.45) is 0 Å². The van der Waals surface area contributed by atoms with E-state index in [-0.39, 0.29) is 16.5 Å². The maximum absolute atomic E-state index is 13.2. The first kappa shape index (κ1) is 19.1. The van der Waals surface area contributed by atoms with Gasteiger partial charge in [0, 0.05) is 0 Å². The average Bonchev–Trinajstić information content (AvgIpc) is 2.70. The highest BCUT2D eigenvalue weighted by molar-refractivity contribution is 7.92. The third-order valence-electron chi connectivity index (χ3n) is 4.05. The van der Waals surface area contributed by atoms with Gasteiger partial charge in [-0.1, -0.05) is 35.9 Å². The quantitative estimate of drug-likeness (QED) is 0.469. The molecule has 0 fully saturated rings. The Kier molecular flexibility index (Phi) is 5.04. The van der Waals surface area contributed by atoms with E-state index < -0.39 is 15.8 Å². The number of nitrogens with zero attached hydrogens (tertiary/aromatic N) is 2. The van der Waals surface area contributed by atoms with Gasteiger partial charge < -0.3 is 5.32 Å². The largest absolute Gasteiger partial charge is 0.336 e. The molecule has 0 bridgehead atoms. The van der Waals surface area contributed by atoms with Gasteiger partial charge in [-0.3, -0.25) is 4.72 Å². The van der Waals surface area contributed by atoms with Crippen molar-refractivity contribution in [3.8, 4) is 0 Å². The molecule has 0 amide bonds. The number of aromatic nitrogens is 2. The Hall–Kier alpha value is -3.23. The van der Waals surface area contributed by atoms with Crippen LogP contribution in [0.4, 0.5) is 21.7 Å². The second kappa shape index (κ2) is 7.65. The van der Waals surface area contributed by atoms with E-state index in [1.807, 2.05) is 0 Å². The average molecular weight is 429 g/mol. The molecule has 4 aromatic rings. The maximum Gasteiger partial charge on any atom is 0.263 e. The van der Waals surface area contributed by atoms with Crippen molar-refractivity contribution < 1.29 is 12.8 Å². The number of nitrogens with one attached hydrogen (secondary N) is 2. The van der Waals surface area contributed by atoms with Crippen LogP contribution in [0.15, 0.2) is 77.7 Å². The van der Waals surface area contributed by atoms with E-state index in [1.165, 1.54) is 12.1 Å². The van der Waals surface area contributed by atoms with Crippen LogP contribution < -0.4 is 10.0 Å². The molecule has 0 aliphatic rings. The van der Waals surface area contributed by atoms with Gasteiger partial charge in [-0.25, -0.2) is 22.8 Å². The minimum Gasteiger partial charge on any atom is -0.336 e. The van der Waals surface area contributed by atoms with E-state index >= 15 is 0 Å². The maximum atomic E-state index is 13.2. The molecule has 0 aliphatic carbocycles. The third kappa shape index (κ3) is 4.13. The van der Waals surface area contributed by atoms with Crippen molar-refractivity contribution in [1.82, 2.24) is 9.97 Å². The van der Waals surface area contributed by atoms with Crippen molar-refractivity contribution in [1.29, 1.82) is 0 Å². The summed E-state index contributed by atoms with van der Waals surface area (Å²) in [7, 11) is -4.02. The van der Waals surface area contributed by atoms with Crippen LogP contribution in [-0.4, -0.2) is 18.4 Å². The van der Waals surface area contributed by atoms with E-state index in [4.69, 9.17) is 11.6 Å². The second-order valence-electron chi connectivity index (χ2n) is 6.07. The van der Waals surface area contributed by atoms with Crippen LogP contribution in [0.25, 0.3) is 11.0 Å². The molecule has 0 atom stereocenters. The molecule has 9 heteroatoms. The van der Waals surface area contributed by atoms with E-state index in [0.717, 1.165) is 12.1 Å². The van der Waals surface area contributed by atoms with E-state index in [2.05, 4.69) is 20.0 Å². The predicted molar refractivity (Wildman–Crippen MR) is 111 cm³/mol. The highest BCUT2D eigenvalue weighted by Crippen LogP contribution is 2.30. The number of anilines is 3. The lowest BCUT2D eigenvalue weighted by molar-refractivity contribution is 0.599. The molecule has 0 radical (unpaired) electrons. The number of halogens is 2. The van der Waals surface area contributed by atoms with E-state index in [0.29, 0.717) is 21.7 Å². The summed E-state index contributed by atoms with van der Waals surface area (Å²) in [6.07, 6.45) is 0. The fourth-order valence-electron chi connectivity index (χ4n) is 2.65. The minimum atomic E-state index is -4.02. The summed E-state index contributed by atoms with van der Waals surface area (Å²) in [5, 5.41) is 3.46. The molecule has 0 aliphatic heterocycles. The monoisotopic (exact) mass is 428 g/mol. The zero-order valence-corrected chi connectivity index (χ0v) is 16.4. The van der Waals surface area contributed by atoms with Gasteiger partial charge in [0.2, 0.25) is 0 Å². The molecule has 29 heavy (non-hydrogen) atoms. The molecule has 146 valence electrons. The van der Waals surface area contributed by atoms with E-state index in [9.17, 15) is 12.8 Å². The number of para-hydroxylation sites is 3. The Morgan fingerprint density at radius 3 is 2.03 bits per heavy atom. The Morgan fingerprint density at radius 2 is 1.38 bits per heavy atom. The normalized spacial score (nSPS) is 11.4. The minimum absolute atomic E-state index is 0.00653. The van der Waals surface area contributed by atoms with Crippen molar-refractivity contribution >= 4 is 50.0 Å². The molecule has 0 saturated heterocycles. The van der Waals surface area contributed by atoms with Crippen molar-refractivity contribution in [3.63, 3.8) is 0 Å². The van der Waals surface area contributed by atoms with Crippen LogP contribution in [0, 0.1) is 5.82 Å². The van der Waals surface area contributed by atoms with E-state index in [1.54, 1.807) is 48.5 Å². The first-order valence-electron chi connectivity index (χ1n) is 8.49.